The predicted octanol–water partition coefficient (Wildman–Crippen LogP) is 3.53. The van der Waals surface area contributed by atoms with E-state index in [2.05, 4.69) is 32.9 Å². The molecule has 3 nitrogen and oxygen atoms in total. The standard InChI is InChI=1S/C17H26O3/c1-12-7-5-8-13(12)15(19)20-11-14(18)17(4)10-6-9-16(17,2)3/h6,9,12-13H,5,7-8,10-11H2,1-4H3/t12-,13?,17-/m0/s1. The van der Waals surface area contributed by atoms with Gasteiger partial charge in [0, 0.05) is 5.41 Å². The molecule has 0 bridgehead atoms. The number of hydrogen-bond acceptors (Lipinski definition) is 3. The van der Waals surface area contributed by atoms with Crippen LogP contribution in [0.5, 0.6) is 0 Å². The third-order valence-electron chi connectivity index (χ3n) is 5.61. The van der Waals surface area contributed by atoms with E-state index >= 15 is 0 Å². The summed E-state index contributed by atoms with van der Waals surface area (Å²) in [5, 5.41) is 0. The molecule has 1 fully saturated rings. The molecule has 3 heteroatoms. The van der Waals surface area contributed by atoms with Crippen molar-refractivity contribution in [3.8, 4) is 0 Å². The molecule has 0 aromatic rings. The lowest BCUT2D eigenvalue weighted by Crippen LogP contribution is -2.41. The maximum Gasteiger partial charge on any atom is 0.309 e. The topological polar surface area (TPSA) is 43.4 Å². The maximum absolute atomic E-state index is 12.5. The summed E-state index contributed by atoms with van der Waals surface area (Å²) in [7, 11) is 0. The van der Waals surface area contributed by atoms with Crippen LogP contribution in [0.25, 0.3) is 0 Å². The summed E-state index contributed by atoms with van der Waals surface area (Å²) in [5.74, 6) is 0.227. The molecule has 0 aromatic heterocycles. The van der Waals surface area contributed by atoms with Gasteiger partial charge in [0.15, 0.2) is 12.4 Å². The van der Waals surface area contributed by atoms with E-state index in [0.29, 0.717) is 5.92 Å². The van der Waals surface area contributed by atoms with E-state index in [0.717, 1.165) is 25.7 Å². The molecule has 0 N–H and O–H groups in total. The second-order valence-electron chi connectivity index (χ2n) is 7.21. The number of Topliss-reactive ketones (excluding diaryl/α,β-unsaturated/α-hetero) is 1. The number of ketones is 1. The van der Waals surface area contributed by atoms with Gasteiger partial charge in [-0.05, 0) is 30.6 Å². The van der Waals surface area contributed by atoms with E-state index in [1.807, 2.05) is 6.92 Å². The van der Waals surface area contributed by atoms with Gasteiger partial charge in [-0.3, -0.25) is 9.59 Å². The molecular formula is C17H26O3. The lowest BCUT2D eigenvalue weighted by Gasteiger charge is -2.36. The van der Waals surface area contributed by atoms with Crippen molar-refractivity contribution < 1.29 is 14.3 Å². The van der Waals surface area contributed by atoms with Crippen LogP contribution in [0, 0.1) is 22.7 Å². The molecule has 0 amide bonds. The minimum atomic E-state index is -0.450. The molecule has 0 radical (unpaired) electrons. The zero-order valence-electron chi connectivity index (χ0n) is 13.1. The van der Waals surface area contributed by atoms with Crippen molar-refractivity contribution in [3.05, 3.63) is 12.2 Å². The van der Waals surface area contributed by atoms with Gasteiger partial charge in [-0.25, -0.2) is 0 Å². The molecular weight excluding hydrogens is 252 g/mol. The van der Waals surface area contributed by atoms with Crippen molar-refractivity contribution in [2.75, 3.05) is 6.61 Å². The molecule has 2 aliphatic carbocycles. The first-order chi connectivity index (χ1) is 9.28. The Morgan fingerprint density at radius 1 is 1.25 bits per heavy atom. The molecule has 0 spiro atoms. The van der Waals surface area contributed by atoms with E-state index in [1.165, 1.54) is 0 Å². The van der Waals surface area contributed by atoms with Gasteiger partial charge in [-0.2, -0.15) is 0 Å². The second kappa shape index (κ2) is 5.34. The van der Waals surface area contributed by atoms with Crippen molar-refractivity contribution >= 4 is 11.8 Å². The Bertz CT molecular complexity index is 436. The minimum absolute atomic E-state index is 0.00896. The van der Waals surface area contributed by atoms with E-state index in [4.69, 9.17) is 4.74 Å². The number of hydrogen-bond donors (Lipinski definition) is 0. The molecule has 3 atom stereocenters. The first-order valence-corrected chi connectivity index (χ1v) is 7.65. The number of esters is 1. The Morgan fingerprint density at radius 2 is 1.95 bits per heavy atom. The SMILES string of the molecule is C[C@H]1CCCC1C(=O)OCC(=O)[C@]1(C)CC=CC1(C)C. The molecule has 2 rings (SSSR count). The summed E-state index contributed by atoms with van der Waals surface area (Å²) >= 11 is 0. The first-order valence-electron chi connectivity index (χ1n) is 7.65. The van der Waals surface area contributed by atoms with Crippen LogP contribution in [0.4, 0.5) is 0 Å². The summed E-state index contributed by atoms with van der Waals surface area (Å²) in [6.45, 7) is 8.11. The van der Waals surface area contributed by atoms with Crippen LogP contribution < -0.4 is 0 Å². The van der Waals surface area contributed by atoms with Gasteiger partial charge >= 0.3 is 5.97 Å². The lowest BCUT2D eigenvalue weighted by molar-refractivity contribution is -0.156. The molecule has 0 heterocycles. The molecule has 112 valence electrons. The highest BCUT2D eigenvalue weighted by molar-refractivity contribution is 5.89. The van der Waals surface area contributed by atoms with E-state index < -0.39 is 5.41 Å². The quantitative estimate of drug-likeness (QED) is 0.583. The van der Waals surface area contributed by atoms with Crippen molar-refractivity contribution in [1.29, 1.82) is 0 Å². The highest BCUT2D eigenvalue weighted by Crippen LogP contribution is 2.48. The van der Waals surface area contributed by atoms with E-state index in [1.54, 1.807) is 0 Å². The smallest absolute Gasteiger partial charge is 0.309 e. The zero-order valence-corrected chi connectivity index (χ0v) is 13.1. The third-order valence-corrected chi connectivity index (χ3v) is 5.61. The fraction of sp³-hybridized carbons (Fsp3) is 0.765. The van der Waals surface area contributed by atoms with Crippen molar-refractivity contribution in [1.82, 2.24) is 0 Å². The Hall–Kier alpha value is -1.12. The van der Waals surface area contributed by atoms with Crippen molar-refractivity contribution in [2.24, 2.45) is 22.7 Å². The Balaban J connectivity index is 1.91. The molecule has 0 saturated heterocycles. The monoisotopic (exact) mass is 278 g/mol. The van der Waals surface area contributed by atoms with E-state index in [-0.39, 0.29) is 29.7 Å². The van der Waals surface area contributed by atoms with Gasteiger partial charge in [0.1, 0.15) is 0 Å². The molecule has 20 heavy (non-hydrogen) atoms. The minimum Gasteiger partial charge on any atom is -0.457 e. The second-order valence-corrected chi connectivity index (χ2v) is 7.21. The molecule has 2 aliphatic rings. The summed E-state index contributed by atoms with van der Waals surface area (Å²) in [4.78, 5) is 24.5. The van der Waals surface area contributed by atoms with Crippen LogP contribution in [0.1, 0.15) is 53.4 Å². The number of carbonyl (C=O) groups is 2. The number of rotatable bonds is 4. The molecule has 0 aliphatic heterocycles. The maximum atomic E-state index is 12.5. The van der Waals surface area contributed by atoms with Crippen molar-refractivity contribution in [3.63, 3.8) is 0 Å². The largest absolute Gasteiger partial charge is 0.457 e. The average Bonchev–Trinajstić information content (AvgIpc) is 2.91. The first kappa shape index (κ1) is 15.3. The summed E-state index contributed by atoms with van der Waals surface area (Å²) in [6, 6.07) is 0. The molecule has 1 saturated carbocycles. The van der Waals surface area contributed by atoms with Gasteiger partial charge in [-0.15, -0.1) is 0 Å². The number of ether oxygens (including phenoxy) is 1. The van der Waals surface area contributed by atoms with Crippen LogP contribution in [0.2, 0.25) is 0 Å². The fourth-order valence-corrected chi connectivity index (χ4v) is 3.41. The van der Waals surface area contributed by atoms with Gasteiger partial charge in [-0.1, -0.05) is 46.3 Å². The van der Waals surface area contributed by atoms with Crippen LogP contribution in [-0.2, 0) is 14.3 Å². The highest BCUT2D eigenvalue weighted by atomic mass is 16.5. The van der Waals surface area contributed by atoms with Crippen LogP contribution in [0.15, 0.2) is 12.2 Å². The number of carbonyl (C=O) groups excluding carboxylic acids is 2. The van der Waals surface area contributed by atoms with Crippen LogP contribution in [-0.4, -0.2) is 18.4 Å². The Labute approximate surface area is 121 Å². The highest BCUT2D eigenvalue weighted by Gasteiger charge is 2.47. The lowest BCUT2D eigenvalue weighted by atomic mass is 9.66. The summed E-state index contributed by atoms with van der Waals surface area (Å²) in [6.07, 6.45) is 7.95. The van der Waals surface area contributed by atoms with Gasteiger partial charge in [0.05, 0.1) is 5.92 Å². The summed E-state index contributed by atoms with van der Waals surface area (Å²) < 4.78 is 5.31. The van der Waals surface area contributed by atoms with Crippen LogP contribution in [0.3, 0.4) is 0 Å². The van der Waals surface area contributed by atoms with E-state index in [9.17, 15) is 9.59 Å². The molecule has 0 aromatic carbocycles. The Morgan fingerprint density at radius 3 is 2.45 bits per heavy atom. The van der Waals surface area contributed by atoms with Crippen molar-refractivity contribution in [2.45, 2.75) is 53.4 Å². The summed E-state index contributed by atoms with van der Waals surface area (Å²) in [5.41, 5.74) is -0.619. The zero-order chi connectivity index (χ0) is 15.0. The third kappa shape index (κ3) is 2.55. The fourth-order valence-electron chi connectivity index (χ4n) is 3.41. The van der Waals surface area contributed by atoms with Gasteiger partial charge in [0.25, 0.3) is 0 Å². The molecule has 1 unspecified atom stereocenters. The van der Waals surface area contributed by atoms with Gasteiger partial charge in [0.2, 0.25) is 0 Å². The average molecular weight is 278 g/mol. The van der Waals surface area contributed by atoms with Gasteiger partial charge < -0.3 is 4.74 Å². The predicted molar refractivity (Wildman–Crippen MR) is 78.1 cm³/mol. The number of allylic oxidation sites excluding steroid dienone is 2. The normalized spacial score (nSPS) is 35.2. The van der Waals surface area contributed by atoms with Crippen LogP contribution >= 0.6 is 0 Å². The Kier molecular flexibility index (Phi) is 4.08.